The van der Waals surface area contributed by atoms with E-state index < -0.39 is 17.5 Å². The minimum atomic E-state index is -0.616. The molecule has 0 saturated carbocycles. The Morgan fingerprint density at radius 3 is 2.18 bits per heavy atom. The van der Waals surface area contributed by atoms with Crippen molar-refractivity contribution in [3.63, 3.8) is 0 Å². The Balaban J connectivity index is 2.34. The molecule has 2 aromatic rings. The van der Waals surface area contributed by atoms with Gasteiger partial charge in [-0.05, 0) is 30.3 Å². The maximum absolute atomic E-state index is 13.3. The SMILES string of the molecule is Nc1cc(F)ccc1Nc1cc(F)ccc1F. The molecule has 0 amide bonds. The normalized spacial score (nSPS) is 10.3. The molecule has 0 saturated heterocycles. The summed E-state index contributed by atoms with van der Waals surface area (Å²) in [4.78, 5) is 0. The molecule has 0 fully saturated rings. The van der Waals surface area contributed by atoms with Crippen molar-refractivity contribution in [1.29, 1.82) is 0 Å². The second-order valence-corrected chi connectivity index (χ2v) is 3.48. The maximum Gasteiger partial charge on any atom is 0.146 e. The number of rotatable bonds is 2. The number of nitrogen functional groups attached to an aromatic ring is 1. The molecule has 0 atom stereocenters. The summed E-state index contributed by atoms with van der Waals surface area (Å²) in [5.74, 6) is -1.68. The molecule has 17 heavy (non-hydrogen) atoms. The van der Waals surface area contributed by atoms with Gasteiger partial charge in [-0.2, -0.15) is 0 Å². The van der Waals surface area contributed by atoms with Crippen LogP contribution in [0, 0.1) is 17.5 Å². The average molecular weight is 238 g/mol. The van der Waals surface area contributed by atoms with Crippen molar-refractivity contribution in [2.75, 3.05) is 11.1 Å². The molecule has 2 nitrogen and oxygen atoms in total. The van der Waals surface area contributed by atoms with Gasteiger partial charge in [0.2, 0.25) is 0 Å². The van der Waals surface area contributed by atoms with E-state index in [1.54, 1.807) is 0 Å². The molecular formula is C12H9F3N2. The topological polar surface area (TPSA) is 38.0 Å². The van der Waals surface area contributed by atoms with Gasteiger partial charge in [-0.15, -0.1) is 0 Å². The van der Waals surface area contributed by atoms with Crippen molar-refractivity contribution < 1.29 is 13.2 Å². The lowest BCUT2D eigenvalue weighted by Gasteiger charge is -2.10. The first-order valence-corrected chi connectivity index (χ1v) is 4.83. The summed E-state index contributed by atoms with van der Waals surface area (Å²) in [6.45, 7) is 0. The van der Waals surface area contributed by atoms with Gasteiger partial charge in [0.25, 0.3) is 0 Å². The van der Waals surface area contributed by atoms with E-state index in [2.05, 4.69) is 5.32 Å². The zero-order valence-corrected chi connectivity index (χ0v) is 8.68. The summed E-state index contributed by atoms with van der Waals surface area (Å²) >= 11 is 0. The summed E-state index contributed by atoms with van der Waals surface area (Å²) in [6.07, 6.45) is 0. The molecule has 0 aliphatic carbocycles. The first-order chi connectivity index (χ1) is 8.06. The lowest BCUT2D eigenvalue weighted by molar-refractivity contribution is 0.603. The summed E-state index contributed by atoms with van der Waals surface area (Å²) < 4.78 is 39.0. The second-order valence-electron chi connectivity index (χ2n) is 3.48. The summed E-state index contributed by atoms with van der Waals surface area (Å²) in [5, 5.41) is 2.60. The van der Waals surface area contributed by atoms with Gasteiger partial charge in [-0.3, -0.25) is 0 Å². The minimum Gasteiger partial charge on any atom is -0.397 e. The lowest BCUT2D eigenvalue weighted by atomic mass is 10.2. The standard InChI is InChI=1S/C12H9F3N2/c13-7-2-4-11(10(16)5-7)17-12-6-8(14)1-3-9(12)15/h1-6,17H,16H2. The van der Waals surface area contributed by atoms with E-state index in [1.807, 2.05) is 0 Å². The van der Waals surface area contributed by atoms with E-state index in [0.29, 0.717) is 5.69 Å². The molecule has 88 valence electrons. The van der Waals surface area contributed by atoms with Crippen LogP contribution >= 0.6 is 0 Å². The van der Waals surface area contributed by atoms with Crippen LogP contribution in [-0.2, 0) is 0 Å². The van der Waals surface area contributed by atoms with Gasteiger partial charge < -0.3 is 11.1 Å². The van der Waals surface area contributed by atoms with Crippen LogP contribution in [0.2, 0.25) is 0 Å². The zero-order chi connectivity index (χ0) is 12.4. The number of hydrogen-bond acceptors (Lipinski definition) is 2. The molecule has 3 N–H and O–H groups in total. The van der Waals surface area contributed by atoms with Gasteiger partial charge in [0, 0.05) is 6.07 Å². The van der Waals surface area contributed by atoms with Crippen LogP contribution in [-0.4, -0.2) is 0 Å². The number of benzene rings is 2. The van der Waals surface area contributed by atoms with E-state index in [4.69, 9.17) is 5.73 Å². The van der Waals surface area contributed by atoms with Crippen molar-refractivity contribution >= 4 is 17.1 Å². The number of hydrogen-bond donors (Lipinski definition) is 2. The van der Waals surface area contributed by atoms with Gasteiger partial charge >= 0.3 is 0 Å². The third kappa shape index (κ3) is 2.50. The summed E-state index contributed by atoms with van der Waals surface area (Å²) in [5.41, 5.74) is 5.92. The van der Waals surface area contributed by atoms with Gasteiger partial charge in [-0.25, -0.2) is 13.2 Å². The van der Waals surface area contributed by atoms with Crippen molar-refractivity contribution in [3.05, 3.63) is 53.8 Å². The van der Waals surface area contributed by atoms with Crippen LogP contribution in [0.5, 0.6) is 0 Å². The third-order valence-corrected chi connectivity index (χ3v) is 2.21. The highest BCUT2D eigenvalue weighted by Crippen LogP contribution is 2.25. The Hall–Kier alpha value is -2.17. The summed E-state index contributed by atoms with van der Waals surface area (Å²) in [6, 6.07) is 6.63. The molecule has 0 spiro atoms. The van der Waals surface area contributed by atoms with Crippen LogP contribution in [0.25, 0.3) is 0 Å². The Morgan fingerprint density at radius 1 is 0.824 bits per heavy atom. The number of halogens is 3. The van der Waals surface area contributed by atoms with Gasteiger partial charge in [0.1, 0.15) is 17.5 Å². The molecule has 0 unspecified atom stereocenters. The first-order valence-electron chi connectivity index (χ1n) is 4.83. The zero-order valence-electron chi connectivity index (χ0n) is 8.68. The fraction of sp³-hybridized carbons (Fsp3) is 0. The van der Waals surface area contributed by atoms with E-state index in [9.17, 15) is 13.2 Å². The van der Waals surface area contributed by atoms with Gasteiger partial charge in [0.05, 0.1) is 17.1 Å². The van der Waals surface area contributed by atoms with Crippen LogP contribution in [0.15, 0.2) is 36.4 Å². The van der Waals surface area contributed by atoms with Crippen molar-refractivity contribution in [1.82, 2.24) is 0 Å². The molecule has 2 rings (SSSR count). The lowest BCUT2D eigenvalue weighted by Crippen LogP contribution is -1.99. The third-order valence-electron chi connectivity index (χ3n) is 2.21. The molecule has 0 bridgehead atoms. The first kappa shape index (κ1) is 11.3. The number of anilines is 3. The molecule has 0 radical (unpaired) electrons. The molecule has 0 aromatic heterocycles. The minimum absolute atomic E-state index is 0.0525. The molecule has 2 aromatic carbocycles. The number of nitrogens with one attached hydrogen (secondary N) is 1. The van der Waals surface area contributed by atoms with E-state index in [0.717, 1.165) is 24.3 Å². The number of nitrogens with two attached hydrogens (primary N) is 1. The predicted molar refractivity (Wildman–Crippen MR) is 60.5 cm³/mol. The molecule has 0 aliphatic heterocycles. The molecule has 0 heterocycles. The van der Waals surface area contributed by atoms with Gasteiger partial charge in [-0.1, -0.05) is 0 Å². The Labute approximate surface area is 95.9 Å². The highest BCUT2D eigenvalue weighted by atomic mass is 19.1. The largest absolute Gasteiger partial charge is 0.397 e. The molecule has 5 heteroatoms. The van der Waals surface area contributed by atoms with E-state index in [-0.39, 0.29) is 11.4 Å². The van der Waals surface area contributed by atoms with Crippen LogP contribution < -0.4 is 11.1 Å². The maximum atomic E-state index is 13.3. The second kappa shape index (κ2) is 4.37. The summed E-state index contributed by atoms with van der Waals surface area (Å²) in [7, 11) is 0. The molecular weight excluding hydrogens is 229 g/mol. The molecule has 0 aliphatic rings. The van der Waals surface area contributed by atoms with Crippen molar-refractivity contribution in [2.45, 2.75) is 0 Å². The predicted octanol–water partition coefficient (Wildman–Crippen LogP) is 3.43. The van der Waals surface area contributed by atoms with Gasteiger partial charge in [0.15, 0.2) is 0 Å². The highest BCUT2D eigenvalue weighted by molar-refractivity contribution is 5.72. The fourth-order valence-corrected chi connectivity index (χ4v) is 1.39. The van der Waals surface area contributed by atoms with Crippen molar-refractivity contribution in [3.8, 4) is 0 Å². The highest BCUT2D eigenvalue weighted by Gasteiger charge is 2.06. The fourth-order valence-electron chi connectivity index (χ4n) is 1.39. The quantitative estimate of drug-likeness (QED) is 0.786. The van der Waals surface area contributed by atoms with Crippen molar-refractivity contribution in [2.24, 2.45) is 0 Å². The average Bonchev–Trinajstić information content (AvgIpc) is 2.27. The smallest absolute Gasteiger partial charge is 0.146 e. The van der Waals surface area contributed by atoms with Crippen LogP contribution in [0.1, 0.15) is 0 Å². The Morgan fingerprint density at radius 2 is 1.47 bits per heavy atom. The Kier molecular flexibility index (Phi) is 2.91. The van der Waals surface area contributed by atoms with Crippen LogP contribution in [0.4, 0.5) is 30.2 Å². The van der Waals surface area contributed by atoms with E-state index >= 15 is 0 Å². The van der Waals surface area contributed by atoms with Crippen LogP contribution in [0.3, 0.4) is 0 Å². The monoisotopic (exact) mass is 238 g/mol. The Bertz CT molecular complexity index is 555. The van der Waals surface area contributed by atoms with E-state index in [1.165, 1.54) is 12.1 Å².